The minimum absolute atomic E-state index is 0.523. The van der Waals surface area contributed by atoms with Crippen molar-refractivity contribution >= 4 is 0 Å². The second-order valence-electron chi connectivity index (χ2n) is 4.79. The second-order valence-corrected chi connectivity index (χ2v) is 4.79. The predicted octanol–water partition coefficient (Wildman–Crippen LogP) is 3.22. The topological polar surface area (TPSA) is 29.3 Å². The molecule has 0 unspecified atom stereocenters. The molecule has 2 heterocycles. The normalized spacial score (nSPS) is 16.1. The number of benzene rings is 1. The van der Waals surface area contributed by atoms with E-state index in [1.165, 1.54) is 18.9 Å². The molecular formula is C14H14F2N2O. The van der Waals surface area contributed by atoms with Gasteiger partial charge in [0.1, 0.15) is 5.69 Å². The van der Waals surface area contributed by atoms with Gasteiger partial charge in [0.15, 0.2) is 17.4 Å². The van der Waals surface area contributed by atoms with Crippen LogP contribution in [0.1, 0.15) is 18.6 Å². The molecule has 100 valence electrons. The van der Waals surface area contributed by atoms with Gasteiger partial charge in [-0.05, 0) is 44.1 Å². The summed E-state index contributed by atoms with van der Waals surface area (Å²) in [6, 6.07) is 5.51. The zero-order valence-corrected chi connectivity index (χ0v) is 10.4. The standard InChI is InChI=1S/C14H14F2N2O/c15-12-4-3-10(7-13(12)16)14-8-11(19-17-14)9-18-5-1-2-6-18/h3-4,7-8H,1-2,5-6,9H2. The molecule has 2 aromatic rings. The molecule has 0 bridgehead atoms. The van der Waals surface area contributed by atoms with Crippen molar-refractivity contribution in [2.24, 2.45) is 0 Å². The lowest BCUT2D eigenvalue weighted by Gasteiger charge is -2.10. The second kappa shape index (κ2) is 5.09. The molecular weight excluding hydrogens is 250 g/mol. The van der Waals surface area contributed by atoms with Crippen LogP contribution in [0.2, 0.25) is 0 Å². The van der Waals surface area contributed by atoms with Crippen LogP contribution in [0.15, 0.2) is 28.8 Å². The van der Waals surface area contributed by atoms with Crippen LogP contribution in [0.25, 0.3) is 11.3 Å². The highest BCUT2D eigenvalue weighted by molar-refractivity contribution is 5.58. The third-order valence-corrected chi connectivity index (χ3v) is 3.35. The summed E-state index contributed by atoms with van der Waals surface area (Å²) in [4.78, 5) is 2.29. The van der Waals surface area contributed by atoms with E-state index in [0.29, 0.717) is 11.3 Å². The molecule has 0 N–H and O–H groups in total. The molecule has 1 saturated heterocycles. The summed E-state index contributed by atoms with van der Waals surface area (Å²) in [7, 11) is 0. The van der Waals surface area contributed by atoms with E-state index in [1.807, 2.05) is 0 Å². The van der Waals surface area contributed by atoms with Crippen molar-refractivity contribution in [1.29, 1.82) is 0 Å². The van der Waals surface area contributed by atoms with Crippen molar-refractivity contribution in [3.8, 4) is 11.3 Å². The number of rotatable bonds is 3. The first-order valence-electron chi connectivity index (χ1n) is 6.36. The first-order valence-corrected chi connectivity index (χ1v) is 6.36. The third-order valence-electron chi connectivity index (χ3n) is 3.35. The van der Waals surface area contributed by atoms with Gasteiger partial charge in [0.05, 0.1) is 6.54 Å². The van der Waals surface area contributed by atoms with Crippen LogP contribution in [0, 0.1) is 11.6 Å². The van der Waals surface area contributed by atoms with E-state index in [9.17, 15) is 8.78 Å². The van der Waals surface area contributed by atoms with E-state index in [0.717, 1.165) is 37.5 Å². The summed E-state index contributed by atoms with van der Waals surface area (Å²) in [5, 5.41) is 3.91. The van der Waals surface area contributed by atoms with Crippen LogP contribution in [-0.4, -0.2) is 23.1 Å². The van der Waals surface area contributed by atoms with Crippen LogP contribution in [-0.2, 0) is 6.54 Å². The molecule has 0 atom stereocenters. The lowest BCUT2D eigenvalue weighted by Crippen LogP contribution is -2.17. The van der Waals surface area contributed by atoms with Crippen LogP contribution < -0.4 is 0 Å². The maximum atomic E-state index is 13.2. The van der Waals surface area contributed by atoms with Crippen molar-refractivity contribution in [2.75, 3.05) is 13.1 Å². The highest BCUT2D eigenvalue weighted by atomic mass is 19.2. The molecule has 1 aromatic heterocycles. The highest BCUT2D eigenvalue weighted by Crippen LogP contribution is 2.22. The molecule has 3 rings (SSSR count). The van der Waals surface area contributed by atoms with E-state index >= 15 is 0 Å². The van der Waals surface area contributed by atoms with Gasteiger partial charge in [-0.25, -0.2) is 8.78 Å². The summed E-state index contributed by atoms with van der Waals surface area (Å²) in [5.41, 5.74) is 1.06. The van der Waals surface area contributed by atoms with Crippen molar-refractivity contribution in [3.63, 3.8) is 0 Å². The quantitative estimate of drug-likeness (QED) is 0.852. The van der Waals surface area contributed by atoms with Crippen molar-refractivity contribution in [1.82, 2.24) is 10.1 Å². The van der Waals surface area contributed by atoms with Gasteiger partial charge in [0, 0.05) is 11.6 Å². The van der Waals surface area contributed by atoms with Gasteiger partial charge in [-0.2, -0.15) is 0 Å². The Labute approximate surface area is 109 Å². The number of nitrogens with zero attached hydrogens (tertiary/aromatic N) is 2. The van der Waals surface area contributed by atoms with Gasteiger partial charge >= 0.3 is 0 Å². The fourth-order valence-corrected chi connectivity index (χ4v) is 2.34. The molecule has 1 fully saturated rings. The molecule has 3 nitrogen and oxygen atoms in total. The predicted molar refractivity (Wildman–Crippen MR) is 66.4 cm³/mol. The smallest absolute Gasteiger partial charge is 0.159 e. The van der Waals surface area contributed by atoms with E-state index in [-0.39, 0.29) is 0 Å². The van der Waals surface area contributed by atoms with Crippen LogP contribution in [0.5, 0.6) is 0 Å². The zero-order chi connectivity index (χ0) is 13.2. The summed E-state index contributed by atoms with van der Waals surface area (Å²) in [6.07, 6.45) is 2.42. The minimum Gasteiger partial charge on any atom is -0.359 e. The van der Waals surface area contributed by atoms with Gasteiger partial charge < -0.3 is 4.52 Å². The van der Waals surface area contributed by atoms with E-state index in [1.54, 1.807) is 6.07 Å². The molecule has 19 heavy (non-hydrogen) atoms. The summed E-state index contributed by atoms with van der Waals surface area (Å²) in [6.45, 7) is 2.86. The zero-order valence-electron chi connectivity index (χ0n) is 10.4. The molecule has 0 spiro atoms. The van der Waals surface area contributed by atoms with E-state index < -0.39 is 11.6 Å². The Morgan fingerprint density at radius 3 is 2.63 bits per heavy atom. The van der Waals surface area contributed by atoms with Crippen LogP contribution in [0.4, 0.5) is 8.78 Å². The van der Waals surface area contributed by atoms with Crippen molar-refractivity contribution < 1.29 is 13.3 Å². The Kier molecular flexibility index (Phi) is 3.29. The van der Waals surface area contributed by atoms with Gasteiger partial charge in [-0.3, -0.25) is 4.90 Å². The Morgan fingerprint density at radius 2 is 1.89 bits per heavy atom. The molecule has 1 aromatic carbocycles. The van der Waals surface area contributed by atoms with Gasteiger partial charge in [-0.15, -0.1) is 0 Å². The molecule has 1 aliphatic heterocycles. The molecule has 0 radical (unpaired) electrons. The van der Waals surface area contributed by atoms with E-state index in [2.05, 4.69) is 10.1 Å². The molecule has 0 aliphatic carbocycles. The minimum atomic E-state index is -0.874. The number of hydrogen-bond acceptors (Lipinski definition) is 3. The van der Waals surface area contributed by atoms with Gasteiger partial charge in [-0.1, -0.05) is 5.16 Å². The first kappa shape index (κ1) is 12.3. The van der Waals surface area contributed by atoms with Crippen molar-refractivity contribution in [3.05, 3.63) is 41.7 Å². The number of aromatic nitrogens is 1. The highest BCUT2D eigenvalue weighted by Gasteiger charge is 2.15. The Bertz CT molecular complexity index is 577. The number of likely N-dealkylation sites (tertiary alicyclic amines) is 1. The molecule has 1 aliphatic rings. The average molecular weight is 264 g/mol. The van der Waals surface area contributed by atoms with Gasteiger partial charge in [0.25, 0.3) is 0 Å². The Hall–Kier alpha value is -1.75. The Morgan fingerprint density at radius 1 is 1.11 bits per heavy atom. The van der Waals surface area contributed by atoms with Gasteiger partial charge in [0.2, 0.25) is 0 Å². The van der Waals surface area contributed by atoms with Crippen LogP contribution >= 0.6 is 0 Å². The lowest BCUT2D eigenvalue weighted by atomic mass is 10.1. The number of hydrogen-bond donors (Lipinski definition) is 0. The monoisotopic (exact) mass is 264 g/mol. The molecule has 5 heteroatoms. The van der Waals surface area contributed by atoms with Crippen molar-refractivity contribution in [2.45, 2.75) is 19.4 Å². The fraction of sp³-hybridized carbons (Fsp3) is 0.357. The summed E-state index contributed by atoms with van der Waals surface area (Å²) >= 11 is 0. The average Bonchev–Trinajstić information content (AvgIpc) is 3.05. The SMILES string of the molecule is Fc1ccc(-c2cc(CN3CCCC3)on2)cc1F. The van der Waals surface area contributed by atoms with E-state index in [4.69, 9.17) is 4.52 Å². The third kappa shape index (κ3) is 2.66. The lowest BCUT2D eigenvalue weighted by molar-refractivity contribution is 0.274. The number of halogens is 2. The summed E-state index contributed by atoms with van der Waals surface area (Å²) < 4.78 is 31.3. The first-order chi connectivity index (χ1) is 9.22. The maximum absolute atomic E-state index is 13.2. The fourth-order valence-electron chi connectivity index (χ4n) is 2.34. The maximum Gasteiger partial charge on any atom is 0.159 e. The molecule has 0 amide bonds. The summed E-state index contributed by atoms with van der Waals surface area (Å²) in [5.74, 6) is -0.979. The largest absolute Gasteiger partial charge is 0.359 e. The Balaban J connectivity index is 1.78. The molecule has 0 saturated carbocycles. The van der Waals surface area contributed by atoms with Crippen LogP contribution in [0.3, 0.4) is 0 Å².